The molecule has 0 spiro atoms. The standard InChI is InChI=1S/C26H28N2O2/c1-30-20-7-5-17-15-24-21-4-2-3-10-26(21,22(17)16-20)11-13-28(24)25(29)19-6-8-23-18(14-19)9-12-27-23/h5-9,12,14,16,21,24,27H,2-4,10-11,13,15H2,1H3/t21-,24+,26+/m0/s1. The number of piperidine rings is 1. The first-order valence-electron chi connectivity index (χ1n) is 11.3. The Morgan fingerprint density at radius 3 is 2.97 bits per heavy atom. The van der Waals surface area contributed by atoms with Crippen LogP contribution in [0.3, 0.4) is 0 Å². The highest BCUT2D eigenvalue weighted by molar-refractivity contribution is 5.98. The summed E-state index contributed by atoms with van der Waals surface area (Å²) in [5.74, 6) is 1.71. The number of hydrogen-bond acceptors (Lipinski definition) is 2. The zero-order valence-corrected chi connectivity index (χ0v) is 17.5. The molecule has 2 aliphatic carbocycles. The Morgan fingerprint density at radius 1 is 1.13 bits per heavy atom. The molecule has 154 valence electrons. The Hall–Kier alpha value is -2.75. The van der Waals surface area contributed by atoms with E-state index in [1.807, 2.05) is 30.5 Å². The molecule has 0 unspecified atom stereocenters. The molecule has 3 atom stereocenters. The number of ether oxygens (including phenoxy) is 1. The number of methoxy groups -OCH3 is 1. The number of benzene rings is 2. The van der Waals surface area contributed by atoms with Gasteiger partial charge in [0.05, 0.1) is 7.11 Å². The van der Waals surface area contributed by atoms with Crippen LogP contribution < -0.4 is 4.74 Å². The number of nitrogens with one attached hydrogen (secondary N) is 1. The van der Waals surface area contributed by atoms with Gasteiger partial charge in [0, 0.05) is 40.7 Å². The van der Waals surface area contributed by atoms with Crippen LogP contribution >= 0.6 is 0 Å². The van der Waals surface area contributed by atoms with Crippen LogP contribution in [0.1, 0.15) is 53.6 Å². The summed E-state index contributed by atoms with van der Waals surface area (Å²) in [4.78, 5) is 19.1. The molecule has 3 aliphatic rings. The van der Waals surface area contributed by atoms with Gasteiger partial charge in [0.2, 0.25) is 0 Å². The molecule has 1 saturated heterocycles. The molecule has 30 heavy (non-hydrogen) atoms. The fourth-order valence-electron chi connectivity index (χ4n) is 6.72. The maximum Gasteiger partial charge on any atom is 0.254 e. The molecule has 4 heteroatoms. The van der Waals surface area contributed by atoms with Crippen molar-refractivity contribution in [1.82, 2.24) is 9.88 Å². The van der Waals surface area contributed by atoms with Crippen molar-refractivity contribution < 1.29 is 9.53 Å². The fourth-order valence-corrected chi connectivity index (χ4v) is 6.72. The molecular weight excluding hydrogens is 372 g/mol. The summed E-state index contributed by atoms with van der Waals surface area (Å²) >= 11 is 0. The number of carbonyl (C=O) groups excluding carboxylic acids is 1. The van der Waals surface area contributed by atoms with Gasteiger partial charge in [0.15, 0.2) is 0 Å². The Kier molecular flexibility index (Phi) is 3.99. The lowest BCUT2D eigenvalue weighted by molar-refractivity contribution is -0.00441. The maximum atomic E-state index is 13.6. The molecule has 2 bridgehead atoms. The number of H-pyrrole nitrogens is 1. The number of carbonyl (C=O) groups is 1. The first kappa shape index (κ1) is 18.1. The van der Waals surface area contributed by atoms with E-state index < -0.39 is 0 Å². The molecule has 1 aliphatic heterocycles. The van der Waals surface area contributed by atoms with Crippen LogP contribution in [0.25, 0.3) is 10.9 Å². The number of fused-ring (bicyclic) bond motifs is 2. The Labute approximate surface area is 177 Å². The van der Waals surface area contributed by atoms with Crippen molar-refractivity contribution in [2.24, 2.45) is 5.92 Å². The molecule has 1 aromatic heterocycles. The summed E-state index contributed by atoms with van der Waals surface area (Å²) in [6.07, 6.45) is 8.99. The van der Waals surface area contributed by atoms with Gasteiger partial charge in [-0.3, -0.25) is 4.79 Å². The van der Waals surface area contributed by atoms with E-state index in [2.05, 4.69) is 28.1 Å². The first-order valence-corrected chi connectivity index (χ1v) is 11.3. The fraction of sp³-hybridized carbons (Fsp3) is 0.423. The Bertz CT molecular complexity index is 1130. The van der Waals surface area contributed by atoms with Gasteiger partial charge in [-0.15, -0.1) is 0 Å². The molecule has 2 heterocycles. The SMILES string of the molecule is COc1ccc2c(c1)[C@@]13CCCC[C@H]1[C@@H](C2)N(C(=O)c1ccc2[nH]ccc2c1)CC3. The summed E-state index contributed by atoms with van der Waals surface area (Å²) in [5, 5.41) is 1.10. The minimum Gasteiger partial charge on any atom is -0.497 e. The highest BCUT2D eigenvalue weighted by atomic mass is 16.5. The van der Waals surface area contributed by atoms with E-state index in [-0.39, 0.29) is 11.3 Å². The minimum absolute atomic E-state index is 0.194. The van der Waals surface area contributed by atoms with Gasteiger partial charge in [-0.25, -0.2) is 0 Å². The van der Waals surface area contributed by atoms with Crippen LogP contribution in [-0.2, 0) is 11.8 Å². The lowest BCUT2D eigenvalue weighted by Gasteiger charge is -2.59. The van der Waals surface area contributed by atoms with Crippen LogP contribution in [0.5, 0.6) is 5.75 Å². The molecule has 1 saturated carbocycles. The zero-order chi connectivity index (χ0) is 20.3. The van der Waals surface area contributed by atoms with Crippen molar-refractivity contribution in [2.45, 2.75) is 50.0 Å². The van der Waals surface area contributed by atoms with Crippen LogP contribution in [-0.4, -0.2) is 35.5 Å². The summed E-state index contributed by atoms with van der Waals surface area (Å²) in [7, 11) is 1.76. The third-order valence-corrected chi connectivity index (χ3v) is 8.11. The predicted molar refractivity (Wildman–Crippen MR) is 118 cm³/mol. The van der Waals surface area contributed by atoms with Crippen molar-refractivity contribution in [3.8, 4) is 5.75 Å². The number of nitrogens with zero attached hydrogens (tertiary/aromatic N) is 1. The third-order valence-electron chi connectivity index (χ3n) is 8.11. The Balaban J connectivity index is 1.41. The normalized spacial score (nSPS) is 27.4. The van der Waals surface area contributed by atoms with Crippen LogP contribution in [0.15, 0.2) is 48.7 Å². The van der Waals surface area contributed by atoms with E-state index in [1.54, 1.807) is 7.11 Å². The molecular formula is C26H28N2O2. The quantitative estimate of drug-likeness (QED) is 0.652. The number of rotatable bonds is 2. The lowest BCUT2D eigenvalue weighted by Crippen LogP contribution is -2.62. The van der Waals surface area contributed by atoms with E-state index in [4.69, 9.17) is 4.74 Å². The summed E-state index contributed by atoms with van der Waals surface area (Å²) < 4.78 is 5.57. The van der Waals surface area contributed by atoms with Crippen molar-refractivity contribution in [3.63, 3.8) is 0 Å². The number of likely N-dealkylation sites (tertiary alicyclic amines) is 1. The second-order valence-corrected chi connectivity index (χ2v) is 9.33. The van der Waals surface area contributed by atoms with E-state index in [1.165, 1.54) is 36.8 Å². The summed E-state index contributed by atoms with van der Waals surface area (Å²) in [6, 6.07) is 15.0. The monoisotopic (exact) mass is 400 g/mol. The Morgan fingerprint density at radius 2 is 2.07 bits per heavy atom. The van der Waals surface area contributed by atoms with Crippen molar-refractivity contribution in [1.29, 1.82) is 0 Å². The predicted octanol–water partition coefficient (Wildman–Crippen LogP) is 5.08. The maximum absolute atomic E-state index is 13.6. The number of amides is 1. The summed E-state index contributed by atoms with van der Waals surface area (Å²) in [5.41, 5.74) is 5.02. The molecule has 6 rings (SSSR count). The lowest BCUT2D eigenvalue weighted by atomic mass is 9.52. The average molecular weight is 401 g/mol. The number of aromatic amines is 1. The minimum atomic E-state index is 0.194. The molecule has 0 radical (unpaired) electrons. The first-order chi connectivity index (χ1) is 14.7. The molecule has 3 aromatic rings. The van der Waals surface area contributed by atoms with E-state index in [9.17, 15) is 4.79 Å². The van der Waals surface area contributed by atoms with Crippen LogP contribution in [0.4, 0.5) is 0 Å². The molecule has 2 fully saturated rings. The average Bonchev–Trinajstić information content (AvgIpc) is 3.26. The van der Waals surface area contributed by atoms with Crippen molar-refractivity contribution >= 4 is 16.8 Å². The summed E-state index contributed by atoms with van der Waals surface area (Å²) in [6.45, 7) is 0.849. The molecule has 4 nitrogen and oxygen atoms in total. The highest BCUT2D eigenvalue weighted by Gasteiger charge is 2.54. The van der Waals surface area contributed by atoms with Gasteiger partial charge in [-0.1, -0.05) is 18.9 Å². The number of aromatic nitrogens is 1. The van der Waals surface area contributed by atoms with Gasteiger partial charge in [-0.05, 0) is 79.1 Å². The zero-order valence-electron chi connectivity index (χ0n) is 17.5. The van der Waals surface area contributed by atoms with E-state index in [0.717, 1.165) is 41.6 Å². The van der Waals surface area contributed by atoms with Crippen LogP contribution in [0.2, 0.25) is 0 Å². The van der Waals surface area contributed by atoms with Gasteiger partial charge in [-0.2, -0.15) is 0 Å². The van der Waals surface area contributed by atoms with Gasteiger partial charge < -0.3 is 14.6 Å². The highest BCUT2D eigenvalue weighted by Crippen LogP contribution is 2.56. The third kappa shape index (κ3) is 2.49. The number of hydrogen-bond donors (Lipinski definition) is 1. The second kappa shape index (κ2) is 6.63. The van der Waals surface area contributed by atoms with Gasteiger partial charge >= 0.3 is 0 Å². The molecule has 1 N–H and O–H groups in total. The molecule has 1 amide bonds. The van der Waals surface area contributed by atoms with Crippen molar-refractivity contribution in [3.05, 3.63) is 65.4 Å². The van der Waals surface area contributed by atoms with Gasteiger partial charge in [0.1, 0.15) is 5.75 Å². The second-order valence-electron chi connectivity index (χ2n) is 9.33. The van der Waals surface area contributed by atoms with Crippen molar-refractivity contribution in [2.75, 3.05) is 13.7 Å². The largest absolute Gasteiger partial charge is 0.497 e. The smallest absolute Gasteiger partial charge is 0.254 e. The topological polar surface area (TPSA) is 45.3 Å². The molecule has 2 aromatic carbocycles. The van der Waals surface area contributed by atoms with Gasteiger partial charge in [0.25, 0.3) is 5.91 Å². The van der Waals surface area contributed by atoms with Crippen LogP contribution in [0, 0.1) is 5.92 Å². The van der Waals surface area contributed by atoms with E-state index in [0.29, 0.717) is 12.0 Å². The van der Waals surface area contributed by atoms with E-state index >= 15 is 0 Å².